The predicted octanol–water partition coefficient (Wildman–Crippen LogP) is 4.22. The van der Waals surface area contributed by atoms with Crippen molar-refractivity contribution in [3.63, 3.8) is 0 Å². The third-order valence-electron chi connectivity index (χ3n) is 3.75. The first kappa shape index (κ1) is 14.7. The molecule has 0 bridgehead atoms. The van der Waals surface area contributed by atoms with Crippen LogP contribution < -0.4 is 0 Å². The Morgan fingerprint density at radius 3 is 2.15 bits per heavy atom. The van der Waals surface area contributed by atoms with E-state index in [4.69, 9.17) is 0 Å². The topological polar surface area (TPSA) is 33.1 Å². The van der Waals surface area contributed by atoms with Gasteiger partial charge in [-0.2, -0.15) is 0 Å². The SMILES string of the molecule is CC(c1ccccn1)C(O)c1ccc(C(C)(C)C)cc1. The van der Waals surface area contributed by atoms with Crippen LogP contribution in [0.3, 0.4) is 0 Å². The van der Waals surface area contributed by atoms with Gasteiger partial charge < -0.3 is 5.11 Å². The molecule has 0 amide bonds. The van der Waals surface area contributed by atoms with Crippen molar-refractivity contribution in [2.24, 2.45) is 0 Å². The van der Waals surface area contributed by atoms with Gasteiger partial charge in [0.25, 0.3) is 0 Å². The van der Waals surface area contributed by atoms with Crippen molar-refractivity contribution in [3.8, 4) is 0 Å². The van der Waals surface area contributed by atoms with Crippen molar-refractivity contribution in [3.05, 3.63) is 65.5 Å². The number of hydrogen-bond donors (Lipinski definition) is 1. The molecule has 0 aliphatic rings. The highest BCUT2D eigenvalue weighted by Gasteiger charge is 2.20. The second-order valence-electron chi connectivity index (χ2n) is 6.36. The summed E-state index contributed by atoms with van der Waals surface area (Å²) in [4.78, 5) is 4.32. The van der Waals surface area contributed by atoms with Gasteiger partial charge in [0.2, 0.25) is 0 Å². The lowest BCUT2D eigenvalue weighted by molar-refractivity contribution is 0.150. The van der Waals surface area contributed by atoms with Crippen molar-refractivity contribution < 1.29 is 5.11 Å². The molecule has 1 aromatic carbocycles. The van der Waals surface area contributed by atoms with Crippen molar-refractivity contribution in [1.82, 2.24) is 4.98 Å². The van der Waals surface area contributed by atoms with Crippen molar-refractivity contribution in [2.45, 2.75) is 45.1 Å². The largest absolute Gasteiger partial charge is 0.388 e. The Kier molecular flexibility index (Phi) is 4.24. The summed E-state index contributed by atoms with van der Waals surface area (Å²) in [5, 5.41) is 10.5. The monoisotopic (exact) mass is 269 g/mol. The lowest BCUT2D eigenvalue weighted by atomic mass is 9.85. The number of rotatable bonds is 3. The van der Waals surface area contributed by atoms with E-state index < -0.39 is 6.10 Å². The molecule has 0 fully saturated rings. The fourth-order valence-electron chi connectivity index (χ4n) is 2.28. The molecular weight excluding hydrogens is 246 g/mol. The average Bonchev–Trinajstić information content (AvgIpc) is 2.46. The zero-order chi connectivity index (χ0) is 14.8. The lowest BCUT2D eigenvalue weighted by Crippen LogP contribution is -2.12. The maximum Gasteiger partial charge on any atom is 0.0870 e. The van der Waals surface area contributed by atoms with Crippen LogP contribution in [-0.2, 0) is 5.41 Å². The summed E-state index contributed by atoms with van der Waals surface area (Å²) >= 11 is 0. The minimum atomic E-state index is -0.529. The molecule has 2 aromatic rings. The molecule has 0 aliphatic heterocycles. The predicted molar refractivity (Wildman–Crippen MR) is 82.8 cm³/mol. The van der Waals surface area contributed by atoms with Gasteiger partial charge in [-0.15, -0.1) is 0 Å². The molecule has 0 saturated heterocycles. The summed E-state index contributed by atoms with van der Waals surface area (Å²) in [6, 6.07) is 14.0. The van der Waals surface area contributed by atoms with Crippen molar-refractivity contribution in [1.29, 1.82) is 0 Å². The number of aliphatic hydroxyl groups is 1. The molecule has 2 rings (SSSR count). The first-order valence-corrected chi connectivity index (χ1v) is 7.09. The van der Waals surface area contributed by atoms with E-state index in [9.17, 15) is 5.11 Å². The molecule has 20 heavy (non-hydrogen) atoms. The fourth-order valence-corrected chi connectivity index (χ4v) is 2.28. The molecule has 1 aromatic heterocycles. The summed E-state index contributed by atoms with van der Waals surface area (Å²) in [6.07, 6.45) is 1.24. The van der Waals surface area contributed by atoms with Crippen LogP contribution in [0.15, 0.2) is 48.7 Å². The Labute approximate surface area is 121 Å². The van der Waals surface area contributed by atoms with Gasteiger partial charge in [0, 0.05) is 17.8 Å². The second kappa shape index (κ2) is 5.76. The molecule has 0 radical (unpaired) electrons. The van der Waals surface area contributed by atoms with Crippen LogP contribution in [0.1, 0.15) is 56.5 Å². The van der Waals surface area contributed by atoms with Gasteiger partial charge in [-0.05, 0) is 28.7 Å². The first-order chi connectivity index (χ1) is 9.39. The van der Waals surface area contributed by atoms with Crippen LogP contribution in [0.5, 0.6) is 0 Å². The van der Waals surface area contributed by atoms with E-state index in [2.05, 4.69) is 37.9 Å². The van der Waals surface area contributed by atoms with E-state index in [1.54, 1.807) is 6.20 Å². The number of aromatic nitrogens is 1. The summed E-state index contributed by atoms with van der Waals surface area (Å²) in [5.41, 5.74) is 3.27. The zero-order valence-corrected chi connectivity index (χ0v) is 12.7. The van der Waals surface area contributed by atoms with Crippen LogP contribution in [0.4, 0.5) is 0 Å². The van der Waals surface area contributed by atoms with E-state index in [0.717, 1.165) is 11.3 Å². The highest BCUT2D eigenvalue weighted by atomic mass is 16.3. The highest BCUT2D eigenvalue weighted by Crippen LogP contribution is 2.30. The minimum Gasteiger partial charge on any atom is -0.388 e. The highest BCUT2D eigenvalue weighted by molar-refractivity contribution is 5.30. The zero-order valence-electron chi connectivity index (χ0n) is 12.7. The van der Waals surface area contributed by atoms with E-state index >= 15 is 0 Å². The van der Waals surface area contributed by atoms with E-state index in [1.165, 1.54) is 5.56 Å². The summed E-state index contributed by atoms with van der Waals surface area (Å²) in [7, 11) is 0. The van der Waals surface area contributed by atoms with Gasteiger partial charge in [-0.1, -0.05) is 58.0 Å². The molecule has 0 spiro atoms. The van der Waals surface area contributed by atoms with Gasteiger partial charge in [0.15, 0.2) is 0 Å². The van der Waals surface area contributed by atoms with E-state index in [0.29, 0.717) is 0 Å². The first-order valence-electron chi connectivity index (χ1n) is 7.09. The van der Waals surface area contributed by atoms with Gasteiger partial charge in [-0.3, -0.25) is 4.98 Å². The maximum absolute atomic E-state index is 10.5. The molecule has 2 heteroatoms. The summed E-state index contributed by atoms with van der Waals surface area (Å²) in [5.74, 6) is -0.0170. The molecule has 106 valence electrons. The lowest BCUT2D eigenvalue weighted by Gasteiger charge is -2.22. The maximum atomic E-state index is 10.5. The number of pyridine rings is 1. The van der Waals surface area contributed by atoms with Gasteiger partial charge in [0.1, 0.15) is 0 Å². The Balaban J connectivity index is 2.19. The molecule has 2 nitrogen and oxygen atoms in total. The van der Waals surface area contributed by atoms with E-state index in [1.807, 2.05) is 37.3 Å². The third-order valence-corrected chi connectivity index (χ3v) is 3.75. The number of nitrogens with zero attached hydrogens (tertiary/aromatic N) is 1. The van der Waals surface area contributed by atoms with Crippen LogP contribution >= 0.6 is 0 Å². The molecule has 1 N–H and O–H groups in total. The summed E-state index contributed by atoms with van der Waals surface area (Å²) in [6.45, 7) is 8.57. The minimum absolute atomic E-state index is 0.0170. The standard InChI is InChI=1S/C18H23NO/c1-13(16-7-5-6-12-19-16)17(20)14-8-10-15(11-9-14)18(2,3)4/h5-13,17,20H,1-4H3. The van der Waals surface area contributed by atoms with Crippen LogP contribution in [-0.4, -0.2) is 10.1 Å². The van der Waals surface area contributed by atoms with Gasteiger partial charge in [-0.25, -0.2) is 0 Å². The average molecular weight is 269 g/mol. The van der Waals surface area contributed by atoms with Crippen LogP contribution in [0.25, 0.3) is 0 Å². The molecule has 2 unspecified atom stereocenters. The smallest absolute Gasteiger partial charge is 0.0870 e. The van der Waals surface area contributed by atoms with E-state index in [-0.39, 0.29) is 11.3 Å². The molecule has 0 saturated carbocycles. The summed E-state index contributed by atoms with van der Waals surface area (Å²) < 4.78 is 0. The Bertz CT molecular complexity index is 540. The quantitative estimate of drug-likeness (QED) is 0.905. The van der Waals surface area contributed by atoms with Gasteiger partial charge in [0.05, 0.1) is 6.10 Å². The van der Waals surface area contributed by atoms with Crippen molar-refractivity contribution >= 4 is 0 Å². The Morgan fingerprint density at radius 1 is 1.00 bits per heavy atom. The molecular formula is C18H23NO. The van der Waals surface area contributed by atoms with Gasteiger partial charge >= 0.3 is 0 Å². The number of benzene rings is 1. The second-order valence-corrected chi connectivity index (χ2v) is 6.36. The number of aliphatic hydroxyl groups excluding tert-OH is 1. The molecule has 0 aliphatic carbocycles. The molecule has 2 atom stereocenters. The molecule has 1 heterocycles. The normalized spacial score (nSPS) is 14.8. The number of hydrogen-bond acceptors (Lipinski definition) is 2. The van der Waals surface area contributed by atoms with Crippen LogP contribution in [0.2, 0.25) is 0 Å². The third kappa shape index (κ3) is 3.26. The van der Waals surface area contributed by atoms with Crippen LogP contribution in [0, 0.1) is 0 Å². The fraction of sp³-hybridized carbons (Fsp3) is 0.389. The van der Waals surface area contributed by atoms with Crippen molar-refractivity contribution in [2.75, 3.05) is 0 Å². The Morgan fingerprint density at radius 2 is 1.65 bits per heavy atom. The Hall–Kier alpha value is -1.67.